The van der Waals surface area contributed by atoms with Gasteiger partial charge in [-0.3, -0.25) is 0 Å². The van der Waals surface area contributed by atoms with Crippen LogP contribution in [-0.4, -0.2) is 33.4 Å². The zero-order valence-electron chi connectivity index (χ0n) is 12.5. The number of amides is 1. The summed E-state index contributed by atoms with van der Waals surface area (Å²) in [5, 5.41) is 0. The number of rotatable bonds is 5. The Morgan fingerprint density at radius 3 is 2.42 bits per heavy atom. The maximum atomic E-state index is 12.2. The van der Waals surface area contributed by atoms with Crippen LogP contribution in [-0.2, 0) is 11.3 Å². The third-order valence-electron chi connectivity index (χ3n) is 2.65. The standard InChI is InChI=1S/C15H25NO2Si/c1-15(2,3)18-14(17)16(10-7-11-19)12-13-8-5-4-6-9-13/h4-6,8-9H,7,10-12H2,1-3,19H3. The fraction of sp³-hybridized carbons (Fsp3) is 0.533. The van der Waals surface area contributed by atoms with Crippen molar-refractivity contribution in [2.75, 3.05) is 6.54 Å². The lowest BCUT2D eigenvalue weighted by molar-refractivity contribution is 0.0234. The Morgan fingerprint density at radius 1 is 1.26 bits per heavy atom. The second-order valence-corrected chi connectivity index (χ2v) is 6.74. The number of hydrogen-bond acceptors (Lipinski definition) is 2. The lowest BCUT2D eigenvalue weighted by atomic mass is 10.2. The van der Waals surface area contributed by atoms with Crippen molar-refractivity contribution in [2.45, 2.75) is 45.4 Å². The van der Waals surface area contributed by atoms with Gasteiger partial charge < -0.3 is 9.64 Å². The van der Waals surface area contributed by atoms with Crippen LogP contribution in [0.25, 0.3) is 0 Å². The molecule has 4 heteroatoms. The summed E-state index contributed by atoms with van der Waals surface area (Å²) in [4.78, 5) is 14.0. The van der Waals surface area contributed by atoms with Crippen molar-refractivity contribution in [1.29, 1.82) is 0 Å². The van der Waals surface area contributed by atoms with E-state index in [1.165, 1.54) is 16.3 Å². The molecule has 106 valence electrons. The molecule has 0 spiro atoms. The molecule has 0 saturated carbocycles. The Hall–Kier alpha value is -1.29. The molecule has 0 atom stereocenters. The summed E-state index contributed by atoms with van der Waals surface area (Å²) in [5.41, 5.74) is 0.703. The molecule has 19 heavy (non-hydrogen) atoms. The van der Waals surface area contributed by atoms with Crippen molar-refractivity contribution in [3.05, 3.63) is 35.9 Å². The summed E-state index contributed by atoms with van der Waals surface area (Å²) in [6, 6.07) is 11.3. The van der Waals surface area contributed by atoms with Crippen LogP contribution < -0.4 is 0 Å². The van der Waals surface area contributed by atoms with E-state index < -0.39 is 5.60 Å². The van der Waals surface area contributed by atoms with Crippen molar-refractivity contribution < 1.29 is 9.53 Å². The highest BCUT2D eigenvalue weighted by molar-refractivity contribution is 6.08. The average molecular weight is 279 g/mol. The molecule has 0 fully saturated rings. The Balaban J connectivity index is 2.68. The van der Waals surface area contributed by atoms with E-state index in [9.17, 15) is 4.79 Å². The predicted octanol–water partition coefficient (Wildman–Crippen LogP) is 2.60. The molecule has 0 aliphatic rings. The molecule has 0 aliphatic carbocycles. The first kappa shape index (κ1) is 15.8. The van der Waals surface area contributed by atoms with Crippen LogP contribution >= 0.6 is 0 Å². The molecule has 3 nitrogen and oxygen atoms in total. The molecule has 0 aliphatic heterocycles. The predicted molar refractivity (Wildman–Crippen MR) is 82.4 cm³/mol. The van der Waals surface area contributed by atoms with Crippen LogP contribution in [0.4, 0.5) is 4.79 Å². The second kappa shape index (κ2) is 7.33. The van der Waals surface area contributed by atoms with Gasteiger partial charge in [-0.25, -0.2) is 4.79 Å². The van der Waals surface area contributed by atoms with Crippen LogP contribution in [0.5, 0.6) is 0 Å². The zero-order valence-corrected chi connectivity index (χ0v) is 14.5. The molecule has 1 aromatic carbocycles. The van der Waals surface area contributed by atoms with Crippen molar-refractivity contribution in [2.24, 2.45) is 0 Å². The van der Waals surface area contributed by atoms with Crippen molar-refractivity contribution >= 4 is 16.3 Å². The Labute approximate surface area is 119 Å². The summed E-state index contributed by atoms with van der Waals surface area (Å²) in [5.74, 6) is 0. The van der Waals surface area contributed by atoms with Gasteiger partial charge in [-0.2, -0.15) is 0 Å². The third kappa shape index (κ3) is 6.43. The maximum Gasteiger partial charge on any atom is 0.410 e. The molecule has 0 bridgehead atoms. The van der Waals surface area contributed by atoms with Gasteiger partial charge in [0, 0.05) is 23.3 Å². The molecule has 1 rings (SSSR count). The minimum atomic E-state index is -0.438. The lowest BCUT2D eigenvalue weighted by Crippen LogP contribution is -2.37. The Bertz CT molecular complexity index is 387. The average Bonchev–Trinajstić information content (AvgIpc) is 2.33. The summed E-state index contributed by atoms with van der Waals surface area (Å²) in [6.07, 6.45) is 0.838. The molecule has 0 N–H and O–H groups in total. The van der Waals surface area contributed by atoms with E-state index in [4.69, 9.17) is 4.74 Å². The molecule has 0 radical (unpaired) electrons. The van der Waals surface area contributed by atoms with Gasteiger partial charge >= 0.3 is 6.09 Å². The molecule has 1 aromatic rings. The Morgan fingerprint density at radius 2 is 1.89 bits per heavy atom. The molecule has 0 unspecified atom stereocenters. The van der Waals surface area contributed by atoms with Crippen LogP contribution in [0.15, 0.2) is 30.3 Å². The van der Waals surface area contributed by atoms with Gasteiger partial charge in [0.05, 0.1) is 0 Å². The monoisotopic (exact) mass is 279 g/mol. The largest absolute Gasteiger partial charge is 0.444 e. The number of carbonyl (C=O) groups excluding carboxylic acids is 1. The number of carbonyl (C=O) groups is 1. The SMILES string of the molecule is CC(C)(C)OC(=O)N(CCC[SiH3])Cc1ccccc1. The van der Waals surface area contributed by atoms with Crippen LogP contribution in [0.3, 0.4) is 0 Å². The van der Waals surface area contributed by atoms with Gasteiger partial charge in [-0.15, -0.1) is 0 Å². The molecule has 0 saturated heterocycles. The fourth-order valence-electron chi connectivity index (χ4n) is 1.71. The van der Waals surface area contributed by atoms with E-state index in [1.807, 2.05) is 51.1 Å². The molecular weight excluding hydrogens is 254 g/mol. The van der Waals surface area contributed by atoms with Gasteiger partial charge in [-0.1, -0.05) is 36.4 Å². The minimum absolute atomic E-state index is 0.216. The lowest BCUT2D eigenvalue weighted by Gasteiger charge is -2.27. The van der Waals surface area contributed by atoms with E-state index in [1.54, 1.807) is 4.90 Å². The fourth-order valence-corrected chi connectivity index (χ4v) is 2.03. The number of nitrogens with zero attached hydrogens (tertiary/aromatic N) is 1. The summed E-state index contributed by atoms with van der Waals surface area (Å²) in [7, 11) is 1.18. The van der Waals surface area contributed by atoms with Gasteiger partial charge in [0.15, 0.2) is 0 Å². The van der Waals surface area contributed by atoms with Crippen LogP contribution in [0.2, 0.25) is 6.04 Å². The van der Waals surface area contributed by atoms with Crippen molar-refractivity contribution in [3.63, 3.8) is 0 Å². The van der Waals surface area contributed by atoms with E-state index in [0.717, 1.165) is 18.5 Å². The van der Waals surface area contributed by atoms with Gasteiger partial charge in [0.25, 0.3) is 0 Å². The normalized spacial score (nSPS) is 11.3. The maximum absolute atomic E-state index is 12.2. The smallest absolute Gasteiger partial charge is 0.410 e. The minimum Gasteiger partial charge on any atom is -0.444 e. The summed E-state index contributed by atoms with van der Waals surface area (Å²) < 4.78 is 5.47. The highest BCUT2D eigenvalue weighted by atomic mass is 28.1. The van der Waals surface area contributed by atoms with Gasteiger partial charge in [-0.05, 0) is 32.8 Å². The first-order chi connectivity index (χ1) is 8.92. The van der Waals surface area contributed by atoms with Gasteiger partial charge in [0.1, 0.15) is 5.60 Å². The van der Waals surface area contributed by atoms with E-state index >= 15 is 0 Å². The topological polar surface area (TPSA) is 29.5 Å². The second-order valence-electron chi connectivity index (χ2n) is 5.74. The van der Waals surface area contributed by atoms with E-state index in [0.29, 0.717) is 6.54 Å². The highest BCUT2D eigenvalue weighted by Gasteiger charge is 2.21. The van der Waals surface area contributed by atoms with E-state index in [2.05, 4.69) is 0 Å². The molecule has 1 amide bonds. The van der Waals surface area contributed by atoms with Gasteiger partial charge in [0.2, 0.25) is 0 Å². The van der Waals surface area contributed by atoms with Crippen molar-refractivity contribution in [3.8, 4) is 0 Å². The summed E-state index contributed by atoms with van der Waals surface area (Å²) >= 11 is 0. The summed E-state index contributed by atoms with van der Waals surface area (Å²) in [6.45, 7) is 7.10. The number of hydrogen-bond donors (Lipinski definition) is 0. The number of ether oxygens (including phenoxy) is 1. The van der Waals surface area contributed by atoms with E-state index in [-0.39, 0.29) is 6.09 Å². The molecular formula is C15H25NO2Si. The highest BCUT2D eigenvalue weighted by Crippen LogP contribution is 2.13. The quantitative estimate of drug-likeness (QED) is 0.775. The molecule has 0 heterocycles. The first-order valence-corrected chi connectivity index (χ1v) is 8.35. The zero-order chi connectivity index (χ0) is 14.3. The van der Waals surface area contributed by atoms with Crippen LogP contribution in [0, 0.1) is 0 Å². The molecule has 0 aromatic heterocycles. The Kier molecular flexibility index (Phi) is 6.08. The number of benzene rings is 1. The third-order valence-corrected chi connectivity index (χ3v) is 3.36. The van der Waals surface area contributed by atoms with Crippen LogP contribution in [0.1, 0.15) is 32.8 Å². The van der Waals surface area contributed by atoms with Crippen molar-refractivity contribution in [1.82, 2.24) is 4.90 Å². The first-order valence-electron chi connectivity index (χ1n) is 6.94.